The maximum atomic E-state index is 13.2. The summed E-state index contributed by atoms with van der Waals surface area (Å²) in [5, 5.41) is 8.29. The fourth-order valence-electron chi connectivity index (χ4n) is 3.33. The van der Waals surface area contributed by atoms with Crippen molar-refractivity contribution in [3.8, 4) is 34.5 Å². The van der Waals surface area contributed by atoms with E-state index < -0.39 is 11.5 Å². The van der Waals surface area contributed by atoms with E-state index in [4.69, 9.17) is 18.7 Å². The standard InChI is InChI=1S/C22H17FN6O5/c1-31-16-5-3-4-15(18(16)32-2)19-25-17(34-27-19)12-29-22(30)28-11-10-24-21(20(28)26-29)33-14-8-6-13(23)7-9-14/h3-11H,12H2,1-2H3. The van der Waals surface area contributed by atoms with Gasteiger partial charge in [-0.15, -0.1) is 5.10 Å². The Morgan fingerprint density at radius 3 is 2.68 bits per heavy atom. The third kappa shape index (κ3) is 3.81. The van der Waals surface area contributed by atoms with Crippen molar-refractivity contribution in [2.45, 2.75) is 6.54 Å². The molecule has 0 aliphatic rings. The molecule has 0 amide bonds. The van der Waals surface area contributed by atoms with Gasteiger partial charge in [-0.3, -0.25) is 0 Å². The van der Waals surface area contributed by atoms with Gasteiger partial charge in [-0.05, 0) is 36.4 Å². The van der Waals surface area contributed by atoms with E-state index in [9.17, 15) is 9.18 Å². The number of benzene rings is 2. The second-order valence-corrected chi connectivity index (χ2v) is 6.98. The molecule has 3 heterocycles. The maximum absolute atomic E-state index is 13.2. The fourth-order valence-corrected chi connectivity index (χ4v) is 3.33. The van der Waals surface area contributed by atoms with E-state index in [-0.39, 0.29) is 29.8 Å². The molecule has 3 aromatic heterocycles. The Kier molecular flexibility index (Phi) is 5.38. The average Bonchev–Trinajstić information content (AvgIpc) is 3.45. The van der Waals surface area contributed by atoms with Gasteiger partial charge in [-0.1, -0.05) is 11.2 Å². The maximum Gasteiger partial charge on any atom is 0.351 e. The second kappa shape index (κ2) is 8.65. The van der Waals surface area contributed by atoms with Crippen LogP contribution in [0.5, 0.6) is 23.1 Å². The largest absolute Gasteiger partial charge is 0.493 e. The summed E-state index contributed by atoms with van der Waals surface area (Å²) in [7, 11) is 3.04. The monoisotopic (exact) mass is 464 g/mol. The Morgan fingerprint density at radius 2 is 1.91 bits per heavy atom. The first-order valence-electron chi connectivity index (χ1n) is 9.99. The molecule has 5 rings (SSSR count). The summed E-state index contributed by atoms with van der Waals surface area (Å²) in [5.41, 5.74) is 0.282. The topological polar surface area (TPSA) is 119 Å². The lowest BCUT2D eigenvalue weighted by Crippen LogP contribution is -2.21. The lowest BCUT2D eigenvalue weighted by atomic mass is 10.1. The molecule has 34 heavy (non-hydrogen) atoms. The van der Waals surface area contributed by atoms with Gasteiger partial charge in [0.25, 0.3) is 5.88 Å². The zero-order chi connectivity index (χ0) is 23.7. The van der Waals surface area contributed by atoms with E-state index in [0.717, 1.165) is 4.68 Å². The van der Waals surface area contributed by atoms with Crippen LogP contribution in [0.4, 0.5) is 4.39 Å². The molecule has 0 bridgehead atoms. The van der Waals surface area contributed by atoms with Crippen molar-refractivity contribution in [2.75, 3.05) is 14.2 Å². The first kappa shape index (κ1) is 21.1. The number of rotatable bonds is 7. The number of fused-ring (bicyclic) bond motifs is 1. The molecule has 0 atom stereocenters. The summed E-state index contributed by atoms with van der Waals surface area (Å²) >= 11 is 0. The van der Waals surface area contributed by atoms with Crippen molar-refractivity contribution in [2.24, 2.45) is 0 Å². The number of hydrogen-bond acceptors (Lipinski definition) is 9. The van der Waals surface area contributed by atoms with E-state index >= 15 is 0 Å². The molecule has 12 heteroatoms. The van der Waals surface area contributed by atoms with E-state index in [1.165, 1.54) is 55.3 Å². The highest BCUT2D eigenvalue weighted by molar-refractivity contribution is 5.68. The molecule has 2 aromatic carbocycles. The molecule has 0 aliphatic carbocycles. The van der Waals surface area contributed by atoms with Crippen LogP contribution in [0, 0.1) is 5.82 Å². The summed E-state index contributed by atoms with van der Waals surface area (Å²) < 4.78 is 37.3. The summed E-state index contributed by atoms with van der Waals surface area (Å²) in [6.45, 7) is -0.0875. The van der Waals surface area contributed by atoms with Crippen molar-refractivity contribution in [3.63, 3.8) is 0 Å². The van der Waals surface area contributed by atoms with Crippen LogP contribution in [0.15, 0.2) is 64.2 Å². The minimum atomic E-state index is -0.458. The fraction of sp³-hybridized carbons (Fsp3) is 0.136. The van der Waals surface area contributed by atoms with E-state index in [0.29, 0.717) is 22.8 Å². The van der Waals surface area contributed by atoms with Gasteiger partial charge in [0, 0.05) is 12.4 Å². The SMILES string of the molecule is COc1cccc(-c2noc(Cn3nc4c(Oc5ccc(F)cc5)nccn4c3=O)n2)c1OC. The summed E-state index contributed by atoms with van der Waals surface area (Å²) in [4.78, 5) is 21.3. The number of para-hydroxylation sites is 1. The number of hydrogen-bond donors (Lipinski definition) is 0. The number of aromatic nitrogens is 6. The Bertz CT molecular complexity index is 1530. The van der Waals surface area contributed by atoms with Crippen LogP contribution in [0.3, 0.4) is 0 Å². The van der Waals surface area contributed by atoms with Gasteiger partial charge >= 0.3 is 5.69 Å². The minimum absolute atomic E-state index is 0.0808. The van der Waals surface area contributed by atoms with Gasteiger partial charge < -0.3 is 18.7 Å². The van der Waals surface area contributed by atoms with Crippen LogP contribution in [-0.4, -0.2) is 43.5 Å². The lowest BCUT2D eigenvalue weighted by Gasteiger charge is -2.09. The predicted molar refractivity (Wildman–Crippen MR) is 116 cm³/mol. The zero-order valence-corrected chi connectivity index (χ0v) is 18.0. The predicted octanol–water partition coefficient (Wildman–Crippen LogP) is 2.94. The highest BCUT2D eigenvalue weighted by Gasteiger charge is 2.19. The van der Waals surface area contributed by atoms with E-state index in [1.54, 1.807) is 18.2 Å². The Morgan fingerprint density at radius 1 is 1.09 bits per heavy atom. The Labute approximate surface area is 191 Å². The van der Waals surface area contributed by atoms with E-state index in [2.05, 4.69) is 20.2 Å². The van der Waals surface area contributed by atoms with Crippen LogP contribution < -0.4 is 19.9 Å². The molecular weight excluding hydrogens is 447 g/mol. The summed E-state index contributed by atoms with van der Waals surface area (Å²) in [6, 6.07) is 10.7. The van der Waals surface area contributed by atoms with Gasteiger partial charge in [-0.25, -0.2) is 23.3 Å². The van der Waals surface area contributed by atoms with Crippen molar-refractivity contribution >= 4 is 5.65 Å². The molecular formula is C22H17FN6O5. The number of ether oxygens (including phenoxy) is 3. The third-order valence-corrected chi connectivity index (χ3v) is 4.89. The minimum Gasteiger partial charge on any atom is -0.493 e. The van der Waals surface area contributed by atoms with Gasteiger partial charge in [-0.2, -0.15) is 4.98 Å². The van der Waals surface area contributed by atoms with Crippen LogP contribution >= 0.6 is 0 Å². The van der Waals surface area contributed by atoms with Crippen molar-refractivity contribution in [1.82, 2.24) is 29.3 Å². The normalized spacial score (nSPS) is 11.0. The van der Waals surface area contributed by atoms with E-state index in [1.807, 2.05) is 0 Å². The molecule has 5 aromatic rings. The molecule has 0 radical (unpaired) electrons. The van der Waals surface area contributed by atoms with Crippen molar-refractivity contribution in [3.05, 3.63) is 77.1 Å². The molecule has 11 nitrogen and oxygen atoms in total. The van der Waals surface area contributed by atoms with Gasteiger partial charge in [0.2, 0.25) is 17.4 Å². The average molecular weight is 464 g/mol. The third-order valence-electron chi connectivity index (χ3n) is 4.89. The van der Waals surface area contributed by atoms with Crippen LogP contribution in [0.1, 0.15) is 5.89 Å². The van der Waals surface area contributed by atoms with Gasteiger partial charge in [0.05, 0.1) is 19.8 Å². The highest BCUT2D eigenvalue weighted by atomic mass is 19.1. The molecule has 0 saturated carbocycles. The molecule has 0 N–H and O–H groups in total. The van der Waals surface area contributed by atoms with Crippen LogP contribution in [0.25, 0.3) is 17.0 Å². The Hall–Kier alpha value is -4.74. The molecule has 0 fully saturated rings. The Balaban J connectivity index is 1.45. The van der Waals surface area contributed by atoms with Gasteiger partial charge in [0.15, 0.2) is 11.5 Å². The quantitative estimate of drug-likeness (QED) is 0.358. The molecule has 0 unspecified atom stereocenters. The summed E-state index contributed by atoms with van der Waals surface area (Å²) in [6.07, 6.45) is 2.86. The first-order valence-corrected chi connectivity index (χ1v) is 9.99. The number of methoxy groups -OCH3 is 2. The lowest BCUT2D eigenvalue weighted by molar-refractivity contribution is 0.354. The molecule has 0 spiro atoms. The number of nitrogens with zero attached hydrogens (tertiary/aromatic N) is 6. The molecule has 0 saturated heterocycles. The smallest absolute Gasteiger partial charge is 0.351 e. The molecule has 0 aliphatic heterocycles. The van der Waals surface area contributed by atoms with Crippen LogP contribution in [-0.2, 0) is 6.54 Å². The molecule has 172 valence electrons. The second-order valence-electron chi connectivity index (χ2n) is 6.98. The first-order chi connectivity index (χ1) is 16.6. The van der Waals surface area contributed by atoms with Crippen LogP contribution in [0.2, 0.25) is 0 Å². The number of halogens is 1. The summed E-state index contributed by atoms with van der Waals surface area (Å²) in [5.74, 6) is 1.42. The van der Waals surface area contributed by atoms with Crippen molar-refractivity contribution in [1.29, 1.82) is 0 Å². The zero-order valence-electron chi connectivity index (χ0n) is 18.0. The van der Waals surface area contributed by atoms with Crippen molar-refractivity contribution < 1.29 is 23.1 Å². The highest BCUT2D eigenvalue weighted by Crippen LogP contribution is 2.36. The van der Waals surface area contributed by atoms with Gasteiger partial charge in [0.1, 0.15) is 18.1 Å².